The number of nitriles is 1. The molecule has 0 aliphatic carbocycles. The van der Waals surface area contributed by atoms with Crippen LogP contribution in [0.15, 0.2) is 23.3 Å². The Labute approximate surface area is 92.3 Å². The lowest BCUT2D eigenvalue weighted by atomic mass is 9.83. The van der Waals surface area contributed by atoms with E-state index in [0.29, 0.717) is 12.8 Å². The average Bonchev–Trinajstić information content (AvgIpc) is 2.19. The summed E-state index contributed by atoms with van der Waals surface area (Å²) in [6.07, 6.45) is 5.65. The second-order valence-corrected chi connectivity index (χ2v) is 4.36. The minimum Gasteiger partial charge on any atom is -0.302 e. The van der Waals surface area contributed by atoms with Crippen LogP contribution in [0.25, 0.3) is 0 Å². The molecule has 0 aromatic heterocycles. The van der Waals surface area contributed by atoms with Gasteiger partial charge in [-0.2, -0.15) is 5.26 Å². The highest BCUT2D eigenvalue weighted by molar-refractivity contribution is 5.64. The lowest BCUT2D eigenvalue weighted by molar-refractivity contribution is -0.113. The van der Waals surface area contributed by atoms with Gasteiger partial charge in [0.2, 0.25) is 0 Å². The zero-order valence-corrected chi connectivity index (χ0v) is 10.0. The van der Waals surface area contributed by atoms with E-state index >= 15 is 0 Å². The maximum atomic E-state index is 11.0. The molecule has 0 heterocycles. The van der Waals surface area contributed by atoms with E-state index in [9.17, 15) is 4.79 Å². The fourth-order valence-electron chi connectivity index (χ4n) is 1.07. The lowest BCUT2D eigenvalue weighted by Crippen LogP contribution is -2.18. The molecule has 0 spiro atoms. The molecule has 15 heavy (non-hydrogen) atoms. The number of nitrogens with zero attached hydrogens (tertiary/aromatic N) is 1. The summed E-state index contributed by atoms with van der Waals surface area (Å²) >= 11 is 0. The van der Waals surface area contributed by atoms with Crippen molar-refractivity contribution in [3.8, 4) is 6.07 Å². The monoisotopic (exact) mass is 205 g/mol. The van der Waals surface area contributed by atoms with Crippen LogP contribution in [0, 0.1) is 16.7 Å². The van der Waals surface area contributed by atoms with Crippen LogP contribution in [0.3, 0.4) is 0 Å². The number of carbonyl (C=O) groups excluding carboxylic acids is 1. The number of carbonyl (C=O) groups is 1. The van der Waals surface area contributed by atoms with Gasteiger partial charge in [0, 0.05) is 0 Å². The molecule has 82 valence electrons. The zero-order valence-electron chi connectivity index (χ0n) is 10.0. The van der Waals surface area contributed by atoms with Crippen molar-refractivity contribution in [1.82, 2.24) is 0 Å². The molecule has 0 bridgehead atoms. The molecule has 2 heteroatoms. The molecule has 0 saturated heterocycles. The Morgan fingerprint density at radius 1 is 1.13 bits per heavy atom. The van der Waals surface area contributed by atoms with Gasteiger partial charge < -0.3 is 4.79 Å². The number of aldehydes is 1. The molecular weight excluding hydrogens is 186 g/mol. The van der Waals surface area contributed by atoms with E-state index in [2.05, 4.69) is 6.07 Å². The minimum absolute atomic E-state index is 0.499. The Kier molecular flexibility index (Phi) is 5.62. The Morgan fingerprint density at radius 3 is 1.73 bits per heavy atom. The molecular formula is C13H19NO. The topological polar surface area (TPSA) is 40.9 Å². The molecule has 0 amide bonds. The first-order valence-corrected chi connectivity index (χ1v) is 5.10. The molecule has 2 nitrogen and oxygen atoms in total. The fourth-order valence-corrected chi connectivity index (χ4v) is 1.07. The van der Waals surface area contributed by atoms with Crippen LogP contribution >= 0.6 is 0 Å². The van der Waals surface area contributed by atoms with Crippen LogP contribution in [-0.4, -0.2) is 6.29 Å². The highest BCUT2D eigenvalue weighted by Gasteiger charge is 2.26. The van der Waals surface area contributed by atoms with E-state index < -0.39 is 5.41 Å². The maximum Gasteiger partial charge on any atom is 0.140 e. The Hall–Kier alpha value is -1.36. The Bertz CT molecular complexity index is 290. The van der Waals surface area contributed by atoms with Crippen LogP contribution in [0.1, 0.15) is 40.5 Å². The van der Waals surface area contributed by atoms with Gasteiger partial charge in [-0.25, -0.2) is 0 Å². The average molecular weight is 205 g/mol. The minimum atomic E-state index is -0.880. The van der Waals surface area contributed by atoms with E-state index in [1.165, 1.54) is 0 Å². The number of rotatable bonds is 5. The summed E-state index contributed by atoms with van der Waals surface area (Å²) in [4.78, 5) is 11.0. The van der Waals surface area contributed by atoms with Gasteiger partial charge in [0.15, 0.2) is 0 Å². The molecule has 0 N–H and O–H groups in total. The zero-order chi connectivity index (χ0) is 11.9. The van der Waals surface area contributed by atoms with Crippen molar-refractivity contribution in [3.05, 3.63) is 23.3 Å². The van der Waals surface area contributed by atoms with Gasteiger partial charge in [-0.1, -0.05) is 23.3 Å². The SMILES string of the molecule is CC(C)=CCC(C#N)(C=O)CC=C(C)C. The normalized spacial score (nSPS) is 10.1. The standard InChI is InChI=1S/C13H19NO/c1-11(2)5-7-13(9-14,10-15)8-6-12(3)4/h5-6,10H,7-8H2,1-4H3. The molecule has 0 rings (SSSR count). The van der Waals surface area contributed by atoms with E-state index in [1.54, 1.807) is 0 Å². The molecule has 0 aliphatic rings. The molecule has 0 unspecified atom stereocenters. The van der Waals surface area contributed by atoms with Gasteiger partial charge in [0.05, 0.1) is 6.07 Å². The first-order valence-electron chi connectivity index (χ1n) is 5.10. The third-order valence-corrected chi connectivity index (χ3v) is 2.20. The highest BCUT2D eigenvalue weighted by Crippen LogP contribution is 2.25. The van der Waals surface area contributed by atoms with Gasteiger partial charge in [-0.05, 0) is 40.5 Å². The number of hydrogen-bond acceptors (Lipinski definition) is 2. The summed E-state index contributed by atoms with van der Waals surface area (Å²) in [5.74, 6) is 0. The van der Waals surface area contributed by atoms with Crippen molar-refractivity contribution in [2.24, 2.45) is 5.41 Å². The van der Waals surface area contributed by atoms with Gasteiger partial charge in [0.1, 0.15) is 11.7 Å². The van der Waals surface area contributed by atoms with Crippen LogP contribution in [0.5, 0.6) is 0 Å². The first-order chi connectivity index (χ1) is 6.95. The third-order valence-electron chi connectivity index (χ3n) is 2.20. The Balaban J connectivity index is 4.75. The van der Waals surface area contributed by atoms with E-state index in [-0.39, 0.29) is 0 Å². The lowest BCUT2D eigenvalue weighted by Gasteiger charge is -2.16. The fraction of sp³-hybridized carbons (Fsp3) is 0.538. The summed E-state index contributed by atoms with van der Waals surface area (Å²) in [6.45, 7) is 7.86. The second-order valence-electron chi connectivity index (χ2n) is 4.36. The molecule has 0 radical (unpaired) electrons. The summed E-state index contributed by atoms with van der Waals surface area (Å²) in [7, 11) is 0. The van der Waals surface area contributed by atoms with Crippen molar-refractivity contribution in [2.45, 2.75) is 40.5 Å². The third kappa shape index (κ3) is 5.17. The van der Waals surface area contributed by atoms with Crippen LogP contribution in [0.4, 0.5) is 0 Å². The van der Waals surface area contributed by atoms with Crippen LogP contribution < -0.4 is 0 Å². The van der Waals surface area contributed by atoms with E-state index in [4.69, 9.17) is 5.26 Å². The molecule has 0 atom stereocenters. The summed E-state index contributed by atoms with van der Waals surface area (Å²) in [5, 5.41) is 9.06. The predicted molar refractivity (Wildman–Crippen MR) is 62.2 cm³/mol. The summed E-state index contributed by atoms with van der Waals surface area (Å²) in [5.41, 5.74) is 1.39. The number of allylic oxidation sites excluding steroid dienone is 4. The van der Waals surface area contributed by atoms with Gasteiger partial charge >= 0.3 is 0 Å². The largest absolute Gasteiger partial charge is 0.302 e. The van der Waals surface area contributed by atoms with Crippen molar-refractivity contribution in [1.29, 1.82) is 5.26 Å². The van der Waals surface area contributed by atoms with Gasteiger partial charge in [-0.3, -0.25) is 0 Å². The Morgan fingerprint density at radius 2 is 1.53 bits per heavy atom. The van der Waals surface area contributed by atoms with Gasteiger partial charge in [-0.15, -0.1) is 0 Å². The molecule has 0 saturated carbocycles. The van der Waals surface area contributed by atoms with Crippen molar-refractivity contribution in [3.63, 3.8) is 0 Å². The maximum absolute atomic E-state index is 11.0. The summed E-state index contributed by atoms with van der Waals surface area (Å²) in [6, 6.07) is 2.12. The van der Waals surface area contributed by atoms with Gasteiger partial charge in [0.25, 0.3) is 0 Å². The molecule has 0 aliphatic heterocycles. The molecule has 0 aromatic carbocycles. The van der Waals surface area contributed by atoms with Crippen LogP contribution in [-0.2, 0) is 4.79 Å². The number of hydrogen-bond donors (Lipinski definition) is 0. The van der Waals surface area contributed by atoms with Crippen LogP contribution in [0.2, 0.25) is 0 Å². The highest BCUT2D eigenvalue weighted by atomic mass is 16.1. The smallest absolute Gasteiger partial charge is 0.140 e. The molecule has 0 aromatic rings. The molecule has 0 fully saturated rings. The van der Waals surface area contributed by atoms with Crippen molar-refractivity contribution >= 4 is 6.29 Å². The second kappa shape index (κ2) is 6.19. The predicted octanol–water partition coefficient (Wildman–Crippen LogP) is 3.41. The van der Waals surface area contributed by atoms with E-state index in [1.807, 2.05) is 39.8 Å². The van der Waals surface area contributed by atoms with Crippen molar-refractivity contribution in [2.75, 3.05) is 0 Å². The first kappa shape index (κ1) is 13.6. The quantitative estimate of drug-likeness (QED) is 0.509. The van der Waals surface area contributed by atoms with Crippen molar-refractivity contribution < 1.29 is 4.79 Å². The van der Waals surface area contributed by atoms with E-state index in [0.717, 1.165) is 17.4 Å². The summed E-state index contributed by atoms with van der Waals surface area (Å²) < 4.78 is 0.